The topological polar surface area (TPSA) is 84.6 Å². The van der Waals surface area contributed by atoms with Crippen LogP contribution in [0, 0.1) is 10.1 Å². The number of nitrogens with zero attached hydrogens (tertiary/aromatic N) is 2. The zero-order chi connectivity index (χ0) is 13.7. The highest BCUT2D eigenvalue weighted by atomic mass is 32.1. The van der Waals surface area contributed by atoms with Crippen LogP contribution in [0.5, 0.6) is 0 Å². The number of hydrogen-bond acceptors (Lipinski definition) is 5. The van der Waals surface area contributed by atoms with E-state index in [2.05, 4.69) is 10.5 Å². The molecule has 1 heterocycles. The van der Waals surface area contributed by atoms with Gasteiger partial charge in [-0.25, -0.2) is 5.43 Å². The SMILES string of the molecule is O=C(NN=Cc1cccs1)c1cccc([N+](=O)[O-])c1. The average molecular weight is 275 g/mol. The fraction of sp³-hybridized carbons (Fsp3) is 0. The summed E-state index contributed by atoms with van der Waals surface area (Å²) in [5, 5.41) is 16.3. The van der Waals surface area contributed by atoms with E-state index in [0.717, 1.165) is 4.88 Å². The third-order valence-corrected chi connectivity index (χ3v) is 3.03. The summed E-state index contributed by atoms with van der Waals surface area (Å²) in [5.74, 6) is -0.489. The molecular weight excluding hydrogens is 266 g/mol. The summed E-state index contributed by atoms with van der Waals surface area (Å²) in [4.78, 5) is 22.6. The van der Waals surface area contributed by atoms with E-state index in [9.17, 15) is 14.9 Å². The van der Waals surface area contributed by atoms with Gasteiger partial charge in [0, 0.05) is 22.6 Å². The number of amides is 1. The summed E-state index contributed by atoms with van der Waals surface area (Å²) in [6.45, 7) is 0. The summed E-state index contributed by atoms with van der Waals surface area (Å²) in [7, 11) is 0. The van der Waals surface area contributed by atoms with Crippen LogP contribution in [0.4, 0.5) is 5.69 Å². The number of hydrazone groups is 1. The number of nitrogens with one attached hydrogen (secondary N) is 1. The predicted octanol–water partition coefficient (Wildman–Crippen LogP) is 2.42. The lowest BCUT2D eigenvalue weighted by atomic mass is 10.2. The number of nitro benzene ring substituents is 1. The van der Waals surface area contributed by atoms with Crippen LogP contribution in [-0.4, -0.2) is 17.0 Å². The van der Waals surface area contributed by atoms with E-state index < -0.39 is 10.8 Å². The standard InChI is InChI=1S/C12H9N3O3S/c16-12(14-13-8-11-5-2-6-19-11)9-3-1-4-10(7-9)15(17)18/h1-8H,(H,14,16). The lowest BCUT2D eigenvalue weighted by Crippen LogP contribution is -2.17. The van der Waals surface area contributed by atoms with Gasteiger partial charge in [0.2, 0.25) is 0 Å². The highest BCUT2D eigenvalue weighted by Crippen LogP contribution is 2.12. The van der Waals surface area contributed by atoms with E-state index in [1.165, 1.54) is 41.8 Å². The zero-order valence-corrected chi connectivity index (χ0v) is 10.5. The van der Waals surface area contributed by atoms with Gasteiger partial charge in [-0.15, -0.1) is 11.3 Å². The van der Waals surface area contributed by atoms with E-state index in [4.69, 9.17) is 0 Å². The molecule has 1 aromatic carbocycles. The molecule has 2 aromatic rings. The molecular formula is C12H9N3O3S. The molecule has 0 aliphatic carbocycles. The van der Waals surface area contributed by atoms with Gasteiger partial charge < -0.3 is 0 Å². The van der Waals surface area contributed by atoms with Crippen LogP contribution in [-0.2, 0) is 0 Å². The second-order valence-electron chi connectivity index (χ2n) is 3.52. The Morgan fingerprint density at radius 2 is 2.21 bits per heavy atom. The first-order chi connectivity index (χ1) is 9.16. The number of nitro groups is 1. The van der Waals surface area contributed by atoms with Crippen LogP contribution >= 0.6 is 11.3 Å². The first kappa shape index (κ1) is 12.9. The summed E-state index contributed by atoms with van der Waals surface area (Å²) < 4.78 is 0. The van der Waals surface area contributed by atoms with Crippen molar-refractivity contribution in [3.05, 3.63) is 62.3 Å². The molecule has 0 aliphatic rings. The molecule has 0 radical (unpaired) electrons. The monoisotopic (exact) mass is 275 g/mol. The quantitative estimate of drug-likeness (QED) is 0.528. The van der Waals surface area contributed by atoms with Crippen LogP contribution < -0.4 is 5.43 Å². The van der Waals surface area contributed by atoms with Gasteiger partial charge in [-0.05, 0) is 17.5 Å². The van der Waals surface area contributed by atoms with Crippen molar-refractivity contribution in [1.82, 2.24) is 5.43 Å². The molecule has 1 amide bonds. The molecule has 0 bridgehead atoms. The fourth-order valence-electron chi connectivity index (χ4n) is 1.34. The molecule has 1 N–H and O–H groups in total. The second kappa shape index (κ2) is 5.87. The van der Waals surface area contributed by atoms with E-state index in [0.29, 0.717) is 0 Å². The summed E-state index contributed by atoms with van der Waals surface area (Å²) in [6, 6.07) is 9.20. The van der Waals surface area contributed by atoms with E-state index in [1.807, 2.05) is 17.5 Å². The molecule has 0 fully saturated rings. The molecule has 7 heteroatoms. The van der Waals surface area contributed by atoms with Crippen molar-refractivity contribution in [2.24, 2.45) is 5.10 Å². The molecule has 0 spiro atoms. The molecule has 0 saturated heterocycles. The number of benzene rings is 1. The van der Waals surface area contributed by atoms with Gasteiger partial charge in [-0.2, -0.15) is 5.10 Å². The van der Waals surface area contributed by atoms with Crippen molar-refractivity contribution in [1.29, 1.82) is 0 Å². The molecule has 0 aliphatic heterocycles. The Labute approximate surface area is 112 Å². The molecule has 0 unspecified atom stereocenters. The number of carbonyl (C=O) groups excluding carboxylic acids is 1. The Morgan fingerprint density at radius 1 is 1.37 bits per heavy atom. The van der Waals surface area contributed by atoms with Crippen LogP contribution in [0.15, 0.2) is 46.9 Å². The Hall–Kier alpha value is -2.54. The normalized spacial score (nSPS) is 10.5. The molecule has 19 heavy (non-hydrogen) atoms. The summed E-state index contributed by atoms with van der Waals surface area (Å²) in [6.07, 6.45) is 1.51. The van der Waals surface area contributed by atoms with Gasteiger partial charge >= 0.3 is 0 Å². The average Bonchev–Trinajstić information content (AvgIpc) is 2.92. The van der Waals surface area contributed by atoms with E-state index >= 15 is 0 Å². The Bertz CT molecular complexity index is 623. The largest absolute Gasteiger partial charge is 0.271 e. The highest BCUT2D eigenvalue weighted by Gasteiger charge is 2.10. The molecule has 6 nitrogen and oxygen atoms in total. The lowest BCUT2D eigenvalue weighted by Gasteiger charge is -1.99. The molecule has 1 aromatic heterocycles. The van der Waals surface area contributed by atoms with Crippen molar-refractivity contribution >= 4 is 29.1 Å². The van der Waals surface area contributed by atoms with Crippen molar-refractivity contribution in [3.63, 3.8) is 0 Å². The molecule has 2 rings (SSSR count). The number of non-ortho nitro benzene ring substituents is 1. The van der Waals surface area contributed by atoms with Gasteiger partial charge in [0.25, 0.3) is 11.6 Å². The van der Waals surface area contributed by atoms with Gasteiger partial charge in [-0.1, -0.05) is 12.1 Å². The van der Waals surface area contributed by atoms with E-state index in [1.54, 1.807) is 0 Å². The first-order valence-electron chi connectivity index (χ1n) is 5.28. The van der Waals surface area contributed by atoms with Gasteiger partial charge in [0.1, 0.15) is 0 Å². The highest BCUT2D eigenvalue weighted by molar-refractivity contribution is 7.11. The Balaban J connectivity index is 2.04. The zero-order valence-electron chi connectivity index (χ0n) is 9.65. The van der Waals surface area contributed by atoms with E-state index in [-0.39, 0.29) is 11.3 Å². The molecule has 0 saturated carbocycles. The lowest BCUT2D eigenvalue weighted by molar-refractivity contribution is -0.384. The minimum Gasteiger partial charge on any atom is -0.267 e. The first-order valence-corrected chi connectivity index (χ1v) is 6.16. The van der Waals surface area contributed by atoms with Gasteiger partial charge in [0.15, 0.2) is 0 Å². The van der Waals surface area contributed by atoms with Crippen molar-refractivity contribution in [3.8, 4) is 0 Å². The van der Waals surface area contributed by atoms with Gasteiger partial charge in [-0.3, -0.25) is 14.9 Å². The Kier molecular flexibility index (Phi) is 3.99. The minimum absolute atomic E-state index is 0.130. The van der Waals surface area contributed by atoms with Gasteiger partial charge in [0.05, 0.1) is 11.1 Å². The maximum absolute atomic E-state index is 11.7. The number of thiophene rings is 1. The maximum atomic E-state index is 11.7. The van der Waals surface area contributed by atoms with Crippen LogP contribution in [0.1, 0.15) is 15.2 Å². The number of carbonyl (C=O) groups is 1. The smallest absolute Gasteiger partial charge is 0.267 e. The Morgan fingerprint density at radius 3 is 2.89 bits per heavy atom. The fourth-order valence-corrected chi connectivity index (χ4v) is 1.93. The maximum Gasteiger partial charge on any atom is 0.271 e. The number of rotatable bonds is 4. The van der Waals surface area contributed by atoms with Crippen molar-refractivity contribution < 1.29 is 9.72 Å². The van der Waals surface area contributed by atoms with Crippen LogP contribution in [0.3, 0.4) is 0 Å². The number of hydrogen-bond donors (Lipinski definition) is 1. The summed E-state index contributed by atoms with van der Waals surface area (Å²) >= 11 is 1.49. The third kappa shape index (κ3) is 3.46. The third-order valence-electron chi connectivity index (χ3n) is 2.22. The van der Waals surface area contributed by atoms with Crippen molar-refractivity contribution in [2.75, 3.05) is 0 Å². The molecule has 96 valence electrons. The van der Waals surface area contributed by atoms with Crippen LogP contribution in [0.25, 0.3) is 0 Å². The van der Waals surface area contributed by atoms with Crippen LogP contribution in [0.2, 0.25) is 0 Å². The molecule has 0 atom stereocenters. The summed E-state index contributed by atoms with van der Waals surface area (Å²) in [5.41, 5.74) is 2.38. The van der Waals surface area contributed by atoms with Crippen molar-refractivity contribution in [2.45, 2.75) is 0 Å². The minimum atomic E-state index is -0.550. The second-order valence-corrected chi connectivity index (χ2v) is 4.50. The predicted molar refractivity (Wildman–Crippen MR) is 72.5 cm³/mol.